The third-order valence-electron chi connectivity index (χ3n) is 9.18. The van der Waals surface area contributed by atoms with Crippen LogP contribution in [0, 0.1) is 28.1 Å². The number of rotatable bonds is 0. The van der Waals surface area contributed by atoms with Gasteiger partial charge in [0.15, 0.2) is 18.2 Å². The molecule has 4 aliphatic heterocycles. The van der Waals surface area contributed by atoms with Gasteiger partial charge in [0.05, 0.1) is 48.5 Å². The van der Waals surface area contributed by atoms with E-state index in [-0.39, 0.29) is 12.5 Å². The van der Waals surface area contributed by atoms with Gasteiger partial charge in [0, 0.05) is 11.8 Å². The third-order valence-corrected chi connectivity index (χ3v) is 9.18. The first-order chi connectivity index (χ1) is 13.0. The van der Waals surface area contributed by atoms with Crippen molar-refractivity contribution in [1.29, 1.82) is 0 Å². The molecule has 0 radical (unpaired) electrons. The summed E-state index contributed by atoms with van der Waals surface area (Å²) < 4.78 is 24.3. The highest BCUT2D eigenvalue weighted by Gasteiger charge is 2.99. The molecule has 8 unspecified atom stereocenters. The molecule has 6 aliphatic rings. The molecule has 28 heavy (non-hydrogen) atoms. The maximum Gasteiger partial charge on any atom is 0.188 e. The second kappa shape index (κ2) is 4.78. The molecule has 6 fully saturated rings. The van der Waals surface area contributed by atoms with Gasteiger partial charge in [-0.2, -0.15) is 0 Å². The Bertz CT molecular complexity index is 738. The molecule has 0 aromatic heterocycles. The molecule has 2 spiro atoms. The lowest BCUT2D eigenvalue weighted by Crippen LogP contribution is -2.67. The quantitative estimate of drug-likeness (QED) is 0.426. The fourth-order valence-electron chi connectivity index (χ4n) is 8.66. The van der Waals surface area contributed by atoms with Crippen LogP contribution in [0.25, 0.3) is 0 Å². The number of aliphatic hydroxyl groups is 4. The molecule has 0 aromatic rings. The van der Waals surface area contributed by atoms with Gasteiger partial charge < -0.3 is 39.4 Å². The van der Waals surface area contributed by atoms with Crippen LogP contribution in [0.1, 0.15) is 34.1 Å². The first kappa shape index (κ1) is 18.4. The van der Waals surface area contributed by atoms with Gasteiger partial charge in [0.25, 0.3) is 0 Å². The van der Waals surface area contributed by atoms with Crippen molar-refractivity contribution < 1.29 is 39.4 Å². The minimum Gasteiger partial charge on any atom is -0.390 e. The molecule has 2 aliphatic carbocycles. The standard InChI is InChI=1S/C20H30O8/c1-8-6-25-10-5-17-13-11(22)12(16(2,3)4)18(17)9(21)7-26-15(18)28-20(17,14(23)27-13)19(8,10)24/h8-15,21-24H,5-7H2,1-4H3/t8-,9?,10?,11-,12+,13?,14?,15?,17?,18?,19-,20?/m1/s1. The van der Waals surface area contributed by atoms with E-state index in [1.165, 1.54) is 0 Å². The largest absolute Gasteiger partial charge is 0.390 e. The Labute approximate surface area is 163 Å². The monoisotopic (exact) mass is 398 g/mol. The van der Waals surface area contributed by atoms with E-state index in [0.29, 0.717) is 13.0 Å². The summed E-state index contributed by atoms with van der Waals surface area (Å²) in [4.78, 5) is 0. The van der Waals surface area contributed by atoms with E-state index in [1.807, 2.05) is 27.7 Å². The average molecular weight is 398 g/mol. The summed E-state index contributed by atoms with van der Waals surface area (Å²) in [7, 11) is 0. The number of fused-ring (bicyclic) bond motifs is 1. The summed E-state index contributed by atoms with van der Waals surface area (Å²) in [5, 5.41) is 45.9. The van der Waals surface area contributed by atoms with Gasteiger partial charge in [-0.05, 0) is 11.8 Å². The van der Waals surface area contributed by atoms with Gasteiger partial charge in [-0.3, -0.25) is 0 Å². The minimum absolute atomic E-state index is 0.0874. The van der Waals surface area contributed by atoms with Crippen LogP contribution in [0.2, 0.25) is 0 Å². The number of hydrogen-bond donors (Lipinski definition) is 4. The van der Waals surface area contributed by atoms with Crippen molar-refractivity contribution in [3.63, 3.8) is 0 Å². The number of aliphatic hydroxyl groups excluding tert-OH is 3. The highest BCUT2D eigenvalue weighted by atomic mass is 16.8. The SMILES string of the molecule is C[C@@H]1COC2CC34C5OC(O)C3(OC3OCC(O)C34[C@H](C(C)(C)C)[C@H]5O)[C@]21O. The summed E-state index contributed by atoms with van der Waals surface area (Å²) in [6.07, 6.45) is -5.10. The average Bonchev–Trinajstić information content (AvgIpc) is 3.31. The Morgan fingerprint density at radius 3 is 2.43 bits per heavy atom. The Morgan fingerprint density at radius 1 is 1.04 bits per heavy atom. The van der Waals surface area contributed by atoms with Gasteiger partial charge in [0.2, 0.25) is 0 Å². The molecule has 2 saturated carbocycles. The lowest BCUT2D eigenvalue weighted by atomic mass is 9.51. The van der Waals surface area contributed by atoms with Gasteiger partial charge in [-0.1, -0.05) is 27.7 Å². The van der Waals surface area contributed by atoms with E-state index < -0.39 is 70.4 Å². The molecule has 8 heteroatoms. The van der Waals surface area contributed by atoms with E-state index in [1.54, 1.807) is 0 Å². The molecular formula is C20H30O8. The predicted molar refractivity (Wildman–Crippen MR) is 92.7 cm³/mol. The molecule has 0 amide bonds. The molecule has 12 atom stereocenters. The molecule has 0 aromatic carbocycles. The topological polar surface area (TPSA) is 118 Å². The normalized spacial score (nSPS) is 66.9. The van der Waals surface area contributed by atoms with Crippen LogP contribution in [0.5, 0.6) is 0 Å². The maximum absolute atomic E-state index is 12.0. The Kier molecular flexibility index (Phi) is 3.15. The maximum atomic E-state index is 12.0. The molecule has 0 bridgehead atoms. The van der Waals surface area contributed by atoms with Crippen molar-refractivity contribution in [2.45, 2.75) is 82.3 Å². The summed E-state index contributed by atoms with van der Waals surface area (Å²) >= 11 is 0. The highest BCUT2D eigenvalue weighted by molar-refractivity contribution is 5.43. The van der Waals surface area contributed by atoms with Gasteiger partial charge in [-0.15, -0.1) is 0 Å². The Morgan fingerprint density at radius 2 is 1.75 bits per heavy atom. The van der Waals surface area contributed by atoms with Gasteiger partial charge >= 0.3 is 0 Å². The van der Waals surface area contributed by atoms with Crippen LogP contribution in [0.4, 0.5) is 0 Å². The molecular weight excluding hydrogens is 368 g/mol. The zero-order chi connectivity index (χ0) is 20.1. The zero-order valence-corrected chi connectivity index (χ0v) is 16.7. The number of ether oxygens (including phenoxy) is 4. The first-order valence-corrected chi connectivity index (χ1v) is 10.3. The summed E-state index contributed by atoms with van der Waals surface area (Å²) in [5.74, 6) is -0.702. The van der Waals surface area contributed by atoms with Crippen molar-refractivity contribution in [3.8, 4) is 0 Å². The van der Waals surface area contributed by atoms with E-state index >= 15 is 0 Å². The van der Waals surface area contributed by atoms with Crippen molar-refractivity contribution in [1.82, 2.24) is 0 Å². The van der Waals surface area contributed by atoms with E-state index in [2.05, 4.69) is 0 Å². The molecule has 158 valence electrons. The van der Waals surface area contributed by atoms with Crippen molar-refractivity contribution in [3.05, 3.63) is 0 Å². The molecule has 4 saturated heterocycles. The van der Waals surface area contributed by atoms with Crippen molar-refractivity contribution in [2.75, 3.05) is 13.2 Å². The zero-order valence-electron chi connectivity index (χ0n) is 16.7. The van der Waals surface area contributed by atoms with E-state index in [0.717, 1.165) is 0 Å². The van der Waals surface area contributed by atoms with Gasteiger partial charge in [0.1, 0.15) is 5.60 Å². The lowest BCUT2D eigenvalue weighted by Gasteiger charge is -2.49. The van der Waals surface area contributed by atoms with Crippen LogP contribution in [0.3, 0.4) is 0 Å². The molecule has 6 rings (SSSR count). The highest BCUT2D eigenvalue weighted by Crippen LogP contribution is 2.85. The second-order valence-electron chi connectivity index (χ2n) is 10.9. The Balaban J connectivity index is 1.68. The van der Waals surface area contributed by atoms with E-state index in [4.69, 9.17) is 18.9 Å². The summed E-state index contributed by atoms with van der Waals surface area (Å²) in [5.41, 5.74) is -5.42. The Hall–Kier alpha value is -0.320. The molecule has 8 nitrogen and oxygen atoms in total. The predicted octanol–water partition coefficient (Wildman–Crippen LogP) is -0.631. The summed E-state index contributed by atoms with van der Waals surface area (Å²) in [6, 6.07) is 0. The number of hydrogen-bond acceptors (Lipinski definition) is 8. The third kappa shape index (κ3) is 1.37. The fraction of sp³-hybridized carbons (Fsp3) is 1.00. The van der Waals surface area contributed by atoms with Gasteiger partial charge in [-0.25, -0.2) is 0 Å². The van der Waals surface area contributed by atoms with Crippen LogP contribution >= 0.6 is 0 Å². The first-order valence-electron chi connectivity index (χ1n) is 10.3. The lowest BCUT2D eigenvalue weighted by molar-refractivity contribution is -0.296. The van der Waals surface area contributed by atoms with Crippen LogP contribution in [0.15, 0.2) is 0 Å². The minimum atomic E-state index is -1.52. The van der Waals surface area contributed by atoms with Crippen LogP contribution < -0.4 is 0 Å². The van der Waals surface area contributed by atoms with Crippen LogP contribution in [-0.4, -0.2) is 81.8 Å². The van der Waals surface area contributed by atoms with Crippen molar-refractivity contribution in [2.24, 2.45) is 28.1 Å². The second-order valence-corrected chi connectivity index (χ2v) is 10.9. The van der Waals surface area contributed by atoms with E-state index in [9.17, 15) is 20.4 Å². The van der Waals surface area contributed by atoms with Crippen LogP contribution in [-0.2, 0) is 18.9 Å². The van der Waals surface area contributed by atoms with Crippen molar-refractivity contribution >= 4 is 0 Å². The smallest absolute Gasteiger partial charge is 0.188 e. The fourth-order valence-corrected chi connectivity index (χ4v) is 8.66. The molecule has 4 heterocycles. The molecule has 4 N–H and O–H groups in total. The summed E-state index contributed by atoms with van der Waals surface area (Å²) in [6.45, 7) is 8.39.